The Morgan fingerprint density at radius 2 is 1.82 bits per heavy atom. The van der Waals surface area contributed by atoms with Gasteiger partial charge < -0.3 is 15.5 Å². The van der Waals surface area contributed by atoms with Crippen LogP contribution in [0.15, 0.2) is 24.3 Å². The van der Waals surface area contributed by atoms with Crippen LogP contribution in [0.2, 0.25) is 0 Å². The summed E-state index contributed by atoms with van der Waals surface area (Å²) in [5, 5.41) is 0. The van der Waals surface area contributed by atoms with Crippen molar-refractivity contribution in [2.24, 2.45) is 17.6 Å². The van der Waals surface area contributed by atoms with Gasteiger partial charge in [0.05, 0.1) is 0 Å². The molecule has 2 aliphatic rings. The van der Waals surface area contributed by atoms with E-state index >= 15 is 0 Å². The van der Waals surface area contributed by atoms with Gasteiger partial charge in [-0.15, -0.1) is 0 Å². The molecule has 1 aromatic carbocycles. The van der Waals surface area contributed by atoms with Crippen LogP contribution in [-0.4, -0.2) is 43.0 Å². The second-order valence-electron chi connectivity index (χ2n) is 6.59. The van der Waals surface area contributed by atoms with Crippen LogP contribution in [0.5, 0.6) is 0 Å². The zero-order valence-corrected chi connectivity index (χ0v) is 13.7. The van der Waals surface area contributed by atoms with Crippen LogP contribution in [0.3, 0.4) is 0 Å². The molecule has 0 aromatic heterocycles. The van der Waals surface area contributed by atoms with Crippen molar-refractivity contribution >= 4 is 11.6 Å². The van der Waals surface area contributed by atoms with Gasteiger partial charge in [0, 0.05) is 43.5 Å². The van der Waals surface area contributed by atoms with Gasteiger partial charge in [-0.05, 0) is 62.8 Å². The van der Waals surface area contributed by atoms with Gasteiger partial charge in [-0.2, -0.15) is 0 Å². The highest BCUT2D eigenvalue weighted by Gasteiger charge is 2.42. The number of benzene rings is 1. The highest BCUT2D eigenvalue weighted by atomic mass is 16.2. The summed E-state index contributed by atoms with van der Waals surface area (Å²) in [5.74, 6) is 1.40. The van der Waals surface area contributed by atoms with E-state index in [1.54, 1.807) is 0 Å². The summed E-state index contributed by atoms with van der Waals surface area (Å²) < 4.78 is 0. The molecule has 1 aliphatic carbocycles. The average Bonchev–Trinajstić information content (AvgIpc) is 3.31. The Labute approximate surface area is 133 Å². The van der Waals surface area contributed by atoms with E-state index in [9.17, 15) is 4.79 Å². The summed E-state index contributed by atoms with van der Waals surface area (Å²) in [6.07, 6.45) is 2.58. The molecule has 1 saturated carbocycles. The van der Waals surface area contributed by atoms with E-state index in [2.05, 4.69) is 30.9 Å². The summed E-state index contributed by atoms with van der Waals surface area (Å²) >= 11 is 0. The first kappa shape index (κ1) is 15.3. The van der Waals surface area contributed by atoms with E-state index in [4.69, 9.17) is 5.73 Å². The molecule has 4 heteroatoms. The number of hydrogen-bond donors (Lipinski definition) is 1. The van der Waals surface area contributed by atoms with Crippen LogP contribution < -0.4 is 10.6 Å². The SMILES string of the molecule is CCN(CC)c1ccc(C(=O)N2C[C@H](C3CC3)[C@@H](N)C2)cc1. The lowest BCUT2D eigenvalue weighted by Crippen LogP contribution is -2.32. The van der Waals surface area contributed by atoms with Crippen molar-refractivity contribution in [2.45, 2.75) is 32.7 Å². The Morgan fingerprint density at radius 3 is 2.36 bits per heavy atom. The third kappa shape index (κ3) is 2.98. The summed E-state index contributed by atoms with van der Waals surface area (Å²) in [5.41, 5.74) is 8.18. The first-order valence-corrected chi connectivity index (χ1v) is 8.53. The Bertz CT molecular complexity index is 520. The maximum absolute atomic E-state index is 12.7. The Balaban J connectivity index is 1.67. The van der Waals surface area contributed by atoms with Crippen LogP contribution in [-0.2, 0) is 0 Å². The average molecular weight is 301 g/mol. The van der Waals surface area contributed by atoms with E-state index in [1.807, 2.05) is 17.0 Å². The van der Waals surface area contributed by atoms with E-state index < -0.39 is 0 Å². The summed E-state index contributed by atoms with van der Waals surface area (Å²) in [6, 6.07) is 8.16. The molecular weight excluding hydrogens is 274 g/mol. The lowest BCUT2D eigenvalue weighted by atomic mass is 9.99. The monoisotopic (exact) mass is 301 g/mol. The van der Waals surface area contributed by atoms with Crippen molar-refractivity contribution in [1.82, 2.24) is 4.90 Å². The maximum Gasteiger partial charge on any atom is 0.253 e. The number of likely N-dealkylation sites (tertiary alicyclic amines) is 1. The summed E-state index contributed by atoms with van der Waals surface area (Å²) in [4.78, 5) is 16.9. The second kappa shape index (κ2) is 6.29. The normalized spacial score (nSPS) is 24.6. The number of amides is 1. The Morgan fingerprint density at radius 1 is 1.18 bits per heavy atom. The fourth-order valence-corrected chi connectivity index (χ4v) is 3.63. The zero-order valence-electron chi connectivity index (χ0n) is 13.7. The fraction of sp³-hybridized carbons (Fsp3) is 0.611. The number of nitrogens with two attached hydrogens (primary N) is 1. The quantitative estimate of drug-likeness (QED) is 0.908. The third-order valence-electron chi connectivity index (χ3n) is 5.17. The number of carbonyl (C=O) groups is 1. The molecule has 2 fully saturated rings. The molecule has 0 radical (unpaired) electrons. The molecule has 0 bridgehead atoms. The minimum Gasteiger partial charge on any atom is -0.372 e. The van der Waals surface area contributed by atoms with Gasteiger partial charge in [0.15, 0.2) is 0 Å². The number of hydrogen-bond acceptors (Lipinski definition) is 3. The van der Waals surface area contributed by atoms with Gasteiger partial charge in [-0.25, -0.2) is 0 Å². The summed E-state index contributed by atoms with van der Waals surface area (Å²) in [7, 11) is 0. The van der Waals surface area contributed by atoms with Crippen molar-refractivity contribution in [3.05, 3.63) is 29.8 Å². The first-order valence-electron chi connectivity index (χ1n) is 8.53. The number of anilines is 1. The Kier molecular flexibility index (Phi) is 4.39. The van der Waals surface area contributed by atoms with Crippen molar-refractivity contribution in [2.75, 3.05) is 31.1 Å². The van der Waals surface area contributed by atoms with Crippen molar-refractivity contribution in [3.8, 4) is 0 Å². The molecule has 2 N–H and O–H groups in total. The van der Waals surface area contributed by atoms with Crippen molar-refractivity contribution < 1.29 is 4.79 Å². The fourth-order valence-electron chi connectivity index (χ4n) is 3.63. The van der Waals surface area contributed by atoms with E-state index in [-0.39, 0.29) is 11.9 Å². The molecule has 2 atom stereocenters. The Hall–Kier alpha value is -1.55. The minimum absolute atomic E-state index is 0.129. The zero-order chi connectivity index (χ0) is 15.7. The van der Waals surface area contributed by atoms with E-state index in [0.29, 0.717) is 12.5 Å². The van der Waals surface area contributed by atoms with Crippen molar-refractivity contribution in [3.63, 3.8) is 0 Å². The molecule has 120 valence electrons. The number of nitrogens with zero attached hydrogens (tertiary/aromatic N) is 2. The molecule has 1 amide bonds. The molecule has 1 aromatic rings. The molecule has 4 nitrogen and oxygen atoms in total. The highest BCUT2D eigenvalue weighted by Crippen LogP contribution is 2.41. The number of carbonyl (C=O) groups excluding carboxylic acids is 1. The lowest BCUT2D eigenvalue weighted by Gasteiger charge is -2.22. The van der Waals surface area contributed by atoms with Crippen molar-refractivity contribution in [1.29, 1.82) is 0 Å². The van der Waals surface area contributed by atoms with Gasteiger partial charge in [-0.1, -0.05) is 0 Å². The van der Waals surface area contributed by atoms with E-state index in [1.165, 1.54) is 18.5 Å². The van der Waals surface area contributed by atoms with Crippen LogP contribution in [0.1, 0.15) is 37.0 Å². The molecule has 1 heterocycles. The minimum atomic E-state index is 0.129. The predicted octanol–water partition coefficient (Wildman–Crippen LogP) is 2.34. The standard InChI is InChI=1S/C18H27N3O/c1-3-20(4-2)15-9-7-14(8-10-15)18(22)21-11-16(13-5-6-13)17(19)12-21/h7-10,13,16-17H,3-6,11-12,19H2,1-2H3/t16-,17+/m1/s1. The van der Waals surface area contributed by atoms with E-state index in [0.717, 1.165) is 31.1 Å². The molecule has 0 unspecified atom stereocenters. The van der Waals surface area contributed by atoms with Crippen LogP contribution in [0.25, 0.3) is 0 Å². The maximum atomic E-state index is 12.7. The van der Waals surface area contributed by atoms with Gasteiger partial charge in [0.1, 0.15) is 0 Å². The van der Waals surface area contributed by atoms with Gasteiger partial charge in [-0.3, -0.25) is 4.79 Å². The molecule has 22 heavy (non-hydrogen) atoms. The molecular formula is C18H27N3O. The number of rotatable bonds is 5. The second-order valence-corrected chi connectivity index (χ2v) is 6.59. The van der Waals surface area contributed by atoms with Gasteiger partial charge in [0.25, 0.3) is 5.91 Å². The lowest BCUT2D eigenvalue weighted by molar-refractivity contribution is 0.0785. The molecule has 0 spiro atoms. The smallest absolute Gasteiger partial charge is 0.253 e. The van der Waals surface area contributed by atoms with Crippen LogP contribution in [0, 0.1) is 11.8 Å². The highest BCUT2D eigenvalue weighted by molar-refractivity contribution is 5.94. The predicted molar refractivity (Wildman–Crippen MR) is 90.1 cm³/mol. The van der Waals surface area contributed by atoms with Crippen LogP contribution in [0.4, 0.5) is 5.69 Å². The van der Waals surface area contributed by atoms with Gasteiger partial charge in [0.2, 0.25) is 0 Å². The third-order valence-corrected chi connectivity index (χ3v) is 5.17. The molecule has 1 aliphatic heterocycles. The summed E-state index contributed by atoms with van der Waals surface area (Å²) in [6.45, 7) is 7.79. The molecule has 3 rings (SSSR count). The first-order chi connectivity index (χ1) is 10.6. The largest absolute Gasteiger partial charge is 0.372 e. The topological polar surface area (TPSA) is 49.6 Å². The molecule has 1 saturated heterocycles. The van der Waals surface area contributed by atoms with Gasteiger partial charge >= 0.3 is 0 Å². The van der Waals surface area contributed by atoms with Crippen LogP contribution >= 0.6 is 0 Å².